The molecule has 0 bridgehead atoms. The third-order valence-electron chi connectivity index (χ3n) is 4.80. The lowest BCUT2D eigenvalue weighted by Crippen LogP contribution is -2.51. The van der Waals surface area contributed by atoms with Gasteiger partial charge in [0.25, 0.3) is 0 Å². The van der Waals surface area contributed by atoms with Crippen molar-refractivity contribution in [3.05, 3.63) is 18.5 Å². The molecule has 3 heterocycles. The van der Waals surface area contributed by atoms with E-state index in [4.69, 9.17) is 16.2 Å². The van der Waals surface area contributed by atoms with Crippen molar-refractivity contribution in [3.8, 4) is 5.75 Å². The molecular weight excluding hydrogens is 354 g/mol. The van der Waals surface area contributed by atoms with Crippen LogP contribution < -0.4 is 16.8 Å². The molecular formula is C17H25N5O5. The van der Waals surface area contributed by atoms with Gasteiger partial charge in [0.05, 0.1) is 24.2 Å². The Bertz CT molecular complexity index is 825. The molecule has 5 atom stereocenters. The van der Waals surface area contributed by atoms with Crippen LogP contribution in [0, 0.1) is 0 Å². The highest BCUT2D eigenvalue weighted by Crippen LogP contribution is 2.37. The molecule has 2 aromatic heterocycles. The molecule has 2 aromatic rings. The Kier molecular flexibility index (Phi) is 5.51. The molecule has 0 aromatic carbocycles. The van der Waals surface area contributed by atoms with Crippen LogP contribution in [0.25, 0.3) is 11.0 Å². The maximum Gasteiger partial charge on any atom is 0.237 e. The predicted molar refractivity (Wildman–Crippen MR) is 97.6 cm³/mol. The highest BCUT2D eigenvalue weighted by atomic mass is 16.5. The van der Waals surface area contributed by atoms with Crippen LogP contribution in [-0.4, -0.2) is 61.7 Å². The molecule has 0 aliphatic carbocycles. The topological polar surface area (TPSA) is 169 Å². The van der Waals surface area contributed by atoms with Crippen LogP contribution in [0.3, 0.4) is 0 Å². The number of hydrogen-bond acceptors (Lipinski definition) is 8. The molecule has 1 saturated heterocycles. The van der Waals surface area contributed by atoms with E-state index in [9.17, 15) is 20.1 Å². The number of aliphatic hydroxyl groups excluding tert-OH is 2. The van der Waals surface area contributed by atoms with Gasteiger partial charge in [-0.25, -0.2) is 4.98 Å². The number of nitrogens with zero attached hydrogens (tertiary/aromatic N) is 2. The first-order chi connectivity index (χ1) is 12.9. The average molecular weight is 379 g/mol. The second-order valence-corrected chi connectivity index (χ2v) is 6.69. The summed E-state index contributed by atoms with van der Waals surface area (Å²) in [6, 6.07) is -0.0635. The lowest BCUT2D eigenvalue weighted by atomic mass is 10.1. The maximum absolute atomic E-state index is 12.4. The minimum Gasteiger partial charge on any atom is -0.506 e. The Morgan fingerprint density at radius 1 is 1.52 bits per heavy atom. The Morgan fingerprint density at radius 2 is 2.26 bits per heavy atom. The zero-order valence-corrected chi connectivity index (χ0v) is 14.9. The second kappa shape index (κ2) is 7.69. The largest absolute Gasteiger partial charge is 0.506 e. The number of ether oxygens (including phenoxy) is 1. The number of aliphatic hydroxyl groups is 2. The second-order valence-electron chi connectivity index (χ2n) is 6.69. The molecule has 0 radical (unpaired) electrons. The van der Waals surface area contributed by atoms with Gasteiger partial charge in [0.1, 0.15) is 29.6 Å². The van der Waals surface area contributed by atoms with Crippen molar-refractivity contribution in [2.24, 2.45) is 5.73 Å². The van der Waals surface area contributed by atoms with Gasteiger partial charge in [-0.1, -0.05) is 13.3 Å². The first-order valence-corrected chi connectivity index (χ1v) is 8.83. The van der Waals surface area contributed by atoms with Gasteiger partial charge in [0.15, 0.2) is 6.23 Å². The van der Waals surface area contributed by atoms with E-state index in [-0.39, 0.29) is 5.75 Å². The number of nitrogens with two attached hydrogens (primary N) is 2. The normalized spacial score (nSPS) is 26.4. The number of anilines is 1. The quantitative estimate of drug-likeness (QED) is 0.378. The zero-order chi connectivity index (χ0) is 19.7. The monoisotopic (exact) mass is 379 g/mol. The Balaban J connectivity index is 1.97. The van der Waals surface area contributed by atoms with E-state index in [0.29, 0.717) is 23.1 Å². The molecule has 1 fully saturated rings. The summed E-state index contributed by atoms with van der Waals surface area (Å²) in [5.74, 6) is -0.532. The van der Waals surface area contributed by atoms with E-state index in [1.807, 2.05) is 6.92 Å². The standard InChI is InChI=1S/C17H25N5O5/c1-2-3-9(19)16(26)21-13-14(25)11(7-23)27-17(13)22-6-10(24)12-8(18)4-5-20-15(12)22/h4-6,9,11,13-14,17,23-25H,2-3,7,19H2,1H3,(H2,18,20)(H,21,26)/t9?,11-,13?,14+,17-/m1/s1. The lowest BCUT2D eigenvalue weighted by molar-refractivity contribution is -0.124. The summed E-state index contributed by atoms with van der Waals surface area (Å²) in [4.78, 5) is 16.6. The van der Waals surface area contributed by atoms with Crippen LogP contribution in [0.5, 0.6) is 5.75 Å². The highest BCUT2D eigenvalue weighted by molar-refractivity contribution is 5.94. The molecule has 0 spiro atoms. The number of nitrogens with one attached hydrogen (secondary N) is 1. The number of pyridine rings is 1. The van der Waals surface area contributed by atoms with E-state index >= 15 is 0 Å². The summed E-state index contributed by atoms with van der Waals surface area (Å²) in [5.41, 5.74) is 12.4. The van der Waals surface area contributed by atoms with E-state index in [1.54, 1.807) is 6.07 Å². The van der Waals surface area contributed by atoms with Gasteiger partial charge in [0, 0.05) is 11.9 Å². The summed E-state index contributed by atoms with van der Waals surface area (Å²) in [6.45, 7) is 1.47. The number of aromatic hydroxyl groups is 1. The smallest absolute Gasteiger partial charge is 0.237 e. The van der Waals surface area contributed by atoms with E-state index in [0.717, 1.165) is 6.42 Å². The van der Waals surface area contributed by atoms with Crippen molar-refractivity contribution in [1.82, 2.24) is 14.9 Å². The fourth-order valence-electron chi connectivity index (χ4n) is 3.38. The van der Waals surface area contributed by atoms with E-state index in [1.165, 1.54) is 17.0 Å². The summed E-state index contributed by atoms with van der Waals surface area (Å²) < 4.78 is 7.22. The summed E-state index contributed by atoms with van der Waals surface area (Å²) in [5, 5.41) is 33.3. The number of nitrogen functional groups attached to an aromatic ring is 1. The molecule has 1 aliphatic heterocycles. The Labute approximate surface area is 155 Å². The first kappa shape index (κ1) is 19.4. The van der Waals surface area contributed by atoms with Crippen molar-refractivity contribution in [3.63, 3.8) is 0 Å². The SMILES string of the molecule is CCCC(N)C(=O)NC1[C@@H](O)[C@@H](CO)O[C@H]1n1cc(O)c2c(N)ccnc21. The number of fused-ring (bicyclic) bond motifs is 1. The molecule has 1 aliphatic rings. The summed E-state index contributed by atoms with van der Waals surface area (Å²) >= 11 is 0. The average Bonchev–Trinajstić information content (AvgIpc) is 3.13. The van der Waals surface area contributed by atoms with Gasteiger partial charge in [-0.15, -0.1) is 0 Å². The minimum absolute atomic E-state index is 0.103. The van der Waals surface area contributed by atoms with Crippen LogP contribution in [0.15, 0.2) is 18.5 Å². The third kappa shape index (κ3) is 3.44. The van der Waals surface area contributed by atoms with Gasteiger partial charge >= 0.3 is 0 Å². The van der Waals surface area contributed by atoms with Crippen molar-refractivity contribution in [1.29, 1.82) is 0 Å². The molecule has 2 unspecified atom stereocenters. The molecule has 1 amide bonds. The molecule has 8 N–H and O–H groups in total. The van der Waals surface area contributed by atoms with E-state index in [2.05, 4.69) is 10.3 Å². The number of amides is 1. The molecule has 0 saturated carbocycles. The number of rotatable bonds is 6. The van der Waals surface area contributed by atoms with Crippen LogP contribution >= 0.6 is 0 Å². The predicted octanol–water partition coefficient (Wildman–Crippen LogP) is -0.813. The molecule has 10 heteroatoms. The van der Waals surface area contributed by atoms with Crippen molar-refractivity contribution in [2.45, 2.75) is 50.3 Å². The fraction of sp³-hybridized carbons (Fsp3) is 0.529. The van der Waals surface area contributed by atoms with Gasteiger partial charge in [0.2, 0.25) is 5.91 Å². The number of aromatic nitrogens is 2. The third-order valence-corrected chi connectivity index (χ3v) is 4.80. The van der Waals surface area contributed by atoms with Crippen LogP contribution in [0.2, 0.25) is 0 Å². The van der Waals surface area contributed by atoms with Crippen molar-refractivity contribution in [2.75, 3.05) is 12.3 Å². The molecule has 27 heavy (non-hydrogen) atoms. The fourth-order valence-corrected chi connectivity index (χ4v) is 3.38. The minimum atomic E-state index is -1.17. The Morgan fingerprint density at radius 3 is 2.93 bits per heavy atom. The van der Waals surface area contributed by atoms with Crippen LogP contribution in [0.1, 0.15) is 26.0 Å². The van der Waals surface area contributed by atoms with Gasteiger partial charge in [-0.05, 0) is 12.5 Å². The number of carbonyl (C=O) groups is 1. The maximum atomic E-state index is 12.4. The molecule has 3 rings (SSSR count). The van der Waals surface area contributed by atoms with Gasteiger partial charge < -0.3 is 36.8 Å². The molecule has 148 valence electrons. The Hall–Kier alpha value is -2.40. The van der Waals surface area contributed by atoms with E-state index < -0.39 is 43.0 Å². The van der Waals surface area contributed by atoms with Crippen molar-refractivity contribution >= 4 is 22.6 Å². The van der Waals surface area contributed by atoms with Gasteiger partial charge in [-0.3, -0.25) is 9.36 Å². The zero-order valence-electron chi connectivity index (χ0n) is 14.9. The summed E-state index contributed by atoms with van der Waals surface area (Å²) in [7, 11) is 0. The van der Waals surface area contributed by atoms with Crippen LogP contribution in [0.4, 0.5) is 5.69 Å². The number of carbonyl (C=O) groups excluding carboxylic acids is 1. The first-order valence-electron chi connectivity index (χ1n) is 8.83. The van der Waals surface area contributed by atoms with Gasteiger partial charge in [-0.2, -0.15) is 0 Å². The van der Waals surface area contributed by atoms with Crippen LogP contribution in [-0.2, 0) is 9.53 Å². The summed E-state index contributed by atoms with van der Waals surface area (Å²) in [6.07, 6.45) is 1.09. The lowest BCUT2D eigenvalue weighted by Gasteiger charge is -2.24. The number of hydrogen-bond donors (Lipinski definition) is 6. The molecule has 10 nitrogen and oxygen atoms in total. The van der Waals surface area contributed by atoms with Crippen molar-refractivity contribution < 1.29 is 24.9 Å². The highest BCUT2D eigenvalue weighted by Gasteiger charge is 2.46.